The van der Waals surface area contributed by atoms with Crippen molar-refractivity contribution in [1.82, 2.24) is 9.78 Å². The van der Waals surface area contributed by atoms with Gasteiger partial charge in [0.05, 0.1) is 6.20 Å². The molecular weight excluding hydrogens is 144 g/mol. The molecule has 0 fully saturated rings. The Morgan fingerprint density at radius 3 is 2.91 bits per heavy atom. The van der Waals surface area contributed by atoms with Crippen LogP contribution in [-0.4, -0.2) is 22.2 Å². The average molecular weight is 154 g/mol. The number of aromatic nitrogens is 2. The van der Waals surface area contributed by atoms with E-state index in [2.05, 4.69) is 5.10 Å². The zero-order valence-electron chi connectivity index (χ0n) is 6.03. The molecule has 0 spiro atoms. The molecule has 11 heavy (non-hydrogen) atoms. The van der Waals surface area contributed by atoms with Gasteiger partial charge in [0.2, 0.25) is 5.91 Å². The molecule has 1 heterocycles. The van der Waals surface area contributed by atoms with Crippen LogP contribution in [0.3, 0.4) is 0 Å². The molecule has 0 aliphatic heterocycles. The van der Waals surface area contributed by atoms with E-state index < -0.39 is 0 Å². The van der Waals surface area contributed by atoms with Crippen LogP contribution in [-0.2, 0) is 0 Å². The minimum atomic E-state index is -0.171. The third kappa shape index (κ3) is 1.56. The second kappa shape index (κ2) is 3.16. The molecule has 5 heteroatoms. The van der Waals surface area contributed by atoms with E-state index in [1.165, 1.54) is 6.20 Å². The zero-order chi connectivity index (χ0) is 8.27. The molecule has 0 amide bonds. The van der Waals surface area contributed by atoms with Crippen LogP contribution in [0, 0.1) is 0 Å². The molecule has 0 saturated heterocycles. The van der Waals surface area contributed by atoms with E-state index in [9.17, 15) is 4.79 Å². The maximum absolute atomic E-state index is 11.1. The van der Waals surface area contributed by atoms with Crippen molar-refractivity contribution >= 4 is 11.7 Å². The summed E-state index contributed by atoms with van der Waals surface area (Å²) in [4.78, 5) is 11.1. The fourth-order valence-electron chi connectivity index (χ4n) is 0.751. The highest BCUT2D eigenvalue weighted by Crippen LogP contribution is 1.99. The van der Waals surface area contributed by atoms with Gasteiger partial charge in [-0.25, -0.2) is 0 Å². The van der Waals surface area contributed by atoms with Gasteiger partial charge in [0.15, 0.2) is 0 Å². The monoisotopic (exact) mass is 154 g/mol. The van der Waals surface area contributed by atoms with E-state index in [-0.39, 0.29) is 12.3 Å². The topological polar surface area (TPSA) is 86.9 Å². The van der Waals surface area contributed by atoms with Crippen molar-refractivity contribution in [1.29, 1.82) is 0 Å². The Kier molecular flexibility index (Phi) is 2.22. The summed E-state index contributed by atoms with van der Waals surface area (Å²) < 4.78 is 1.15. The summed E-state index contributed by atoms with van der Waals surface area (Å²) in [6, 6.07) is 1.56. The van der Waals surface area contributed by atoms with Crippen LogP contribution in [0.4, 0.5) is 5.82 Å². The fraction of sp³-hybridized carbons (Fsp3) is 0.333. The SMILES string of the molecule is NCCC(=O)n1nccc1N. The summed E-state index contributed by atoms with van der Waals surface area (Å²) in [6.07, 6.45) is 1.75. The molecule has 0 atom stereocenters. The molecule has 1 aromatic rings. The summed E-state index contributed by atoms with van der Waals surface area (Å²) in [5.74, 6) is 0.179. The molecule has 0 aliphatic rings. The van der Waals surface area contributed by atoms with Gasteiger partial charge in [-0.3, -0.25) is 4.79 Å². The van der Waals surface area contributed by atoms with E-state index in [1.807, 2.05) is 0 Å². The van der Waals surface area contributed by atoms with Crippen molar-refractivity contribution in [3.63, 3.8) is 0 Å². The van der Waals surface area contributed by atoms with Gasteiger partial charge >= 0.3 is 0 Å². The molecule has 0 bridgehead atoms. The second-order valence-corrected chi connectivity index (χ2v) is 2.10. The summed E-state index contributed by atoms with van der Waals surface area (Å²) in [7, 11) is 0. The number of nitrogen functional groups attached to an aromatic ring is 1. The number of carbonyl (C=O) groups is 1. The lowest BCUT2D eigenvalue weighted by Crippen LogP contribution is -2.18. The highest BCUT2D eigenvalue weighted by molar-refractivity contribution is 5.80. The largest absolute Gasteiger partial charge is 0.383 e. The molecule has 0 aliphatic carbocycles. The van der Waals surface area contributed by atoms with Crippen LogP contribution in [0.2, 0.25) is 0 Å². The van der Waals surface area contributed by atoms with Crippen LogP contribution >= 0.6 is 0 Å². The number of hydrogen-bond donors (Lipinski definition) is 2. The first kappa shape index (κ1) is 7.74. The minimum Gasteiger partial charge on any atom is -0.383 e. The standard InChI is InChI=1S/C6H10N4O/c7-3-1-6(11)10-5(8)2-4-9-10/h2,4H,1,3,7-8H2. The number of hydrogen-bond acceptors (Lipinski definition) is 4. The summed E-state index contributed by atoms with van der Waals surface area (Å²) in [5.41, 5.74) is 10.6. The molecule has 0 radical (unpaired) electrons. The quantitative estimate of drug-likeness (QED) is 0.598. The third-order valence-electron chi connectivity index (χ3n) is 1.27. The number of nitrogens with two attached hydrogens (primary N) is 2. The van der Waals surface area contributed by atoms with Crippen LogP contribution in [0.15, 0.2) is 12.3 Å². The predicted octanol–water partition coefficient (Wildman–Crippen LogP) is -0.546. The Morgan fingerprint density at radius 2 is 2.45 bits per heavy atom. The van der Waals surface area contributed by atoms with E-state index >= 15 is 0 Å². The lowest BCUT2D eigenvalue weighted by Gasteiger charge is -1.99. The van der Waals surface area contributed by atoms with Crippen molar-refractivity contribution in [2.45, 2.75) is 6.42 Å². The summed E-state index contributed by atoms with van der Waals surface area (Å²) in [5, 5.41) is 3.72. The van der Waals surface area contributed by atoms with Crippen molar-refractivity contribution in [2.75, 3.05) is 12.3 Å². The fourth-order valence-corrected chi connectivity index (χ4v) is 0.751. The van der Waals surface area contributed by atoms with Crippen LogP contribution in [0.1, 0.15) is 11.2 Å². The Hall–Kier alpha value is -1.36. The Balaban J connectivity index is 2.76. The van der Waals surface area contributed by atoms with E-state index in [4.69, 9.17) is 11.5 Å². The molecule has 4 N–H and O–H groups in total. The lowest BCUT2D eigenvalue weighted by atomic mass is 10.4. The van der Waals surface area contributed by atoms with Crippen LogP contribution in [0.5, 0.6) is 0 Å². The van der Waals surface area contributed by atoms with Gasteiger partial charge in [0.25, 0.3) is 0 Å². The van der Waals surface area contributed by atoms with Gasteiger partial charge in [-0.15, -0.1) is 0 Å². The molecule has 0 aromatic carbocycles. The van der Waals surface area contributed by atoms with Gasteiger partial charge < -0.3 is 11.5 Å². The highest BCUT2D eigenvalue weighted by Gasteiger charge is 2.05. The Morgan fingerprint density at radius 1 is 1.73 bits per heavy atom. The first-order chi connectivity index (χ1) is 5.25. The van der Waals surface area contributed by atoms with Crippen molar-refractivity contribution < 1.29 is 4.79 Å². The lowest BCUT2D eigenvalue weighted by molar-refractivity contribution is 0.0893. The number of anilines is 1. The maximum Gasteiger partial charge on any atom is 0.250 e. The normalized spacial score (nSPS) is 9.91. The van der Waals surface area contributed by atoms with Crippen LogP contribution < -0.4 is 11.5 Å². The van der Waals surface area contributed by atoms with Crippen molar-refractivity contribution in [2.24, 2.45) is 5.73 Å². The molecule has 0 unspecified atom stereocenters. The second-order valence-electron chi connectivity index (χ2n) is 2.10. The molecule has 5 nitrogen and oxygen atoms in total. The van der Waals surface area contributed by atoms with E-state index in [0.717, 1.165) is 4.68 Å². The number of rotatable bonds is 2. The number of nitrogens with zero attached hydrogens (tertiary/aromatic N) is 2. The smallest absolute Gasteiger partial charge is 0.250 e. The first-order valence-corrected chi connectivity index (χ1v) is 3.28. The first-order valence-electron chi connectivity index (χ1n) is 3.28. The summed E-state index contributed by atoms with van der Waals surface area (Å²) >= 11 is 0. The van der Waals surface area contributed by atoms with Gasteiger partial charge in [-0.05, 0) is 0 Å². The maximum atomic E-state index is 11.1. The molecule has 0 saturated carbocycles. The number of carbonyl (C=O) groups excluding carboxylic acids is 1. The third-order valence-corrected chi connectivity index (χ3v) is 1.27. The minimum absolute atomic E-state index is 0.171. The van der Waals surface area contributed by atoms with E-state index in [1.54, 1.807) is 6.07 Å². The highest BCUT2D eigenvalue weighted by atomic mass is 16.2. The predicted molar refractivity (Wildman–Crippen MR) is 40.9 cm³/mol. The zero-order valence-corrected chi connectivity index (χ0v) is 6.03. The van der Waals surface area contributed by atoms with Crippen molar-refractivity contribution in [3.8, 4) is 0 Å². The molecular formula is C6H10N4O. The van der Waals surface area contributed by atoms with E-state index in [0.29, 0.717) is 12.4 Å². The molecule has 1 rings (SSSR count). The average Bonchev–Trinajstić information content (AvgIpc) is 2.36. The van der Waals surface area contributed by atoms with Crippen molar-refractivity contribution in [3.05, 3.63) is 12.3 Å². The Bertz CT molecular complexity index is 255. The molecule has 60 valence electrons. The molecule has 1 aromatic heterocycles. The van der Waals surface area contributed by atoms with Gasteiger partial charge in [-0.1, -0.05) is 0 Å². The summed E-state index contributed by atoms with van der Waals surface area (Å²) in [6.45, 7) is 0.318. The Labute approximate surface area is 64.0 Å². The van der Waals surface area contributed by atoms with Gasteiger partial charge in [-0.2, -0.15) is 9.78 Å². The van der Waals surface area contributed by atoms with Crippen LogP contribution in [0.25, 0.3) is 0 Å². The van der Waals surface area contributed by atoms with Gasteiger partial charge in [0, 0.05) is 19.0 Å². The van der Waals surface area contributed by atoms with Gasteiger partial charge in [0.1, 0.15) is 5.82 Å².